The van der Waals surface area contributed by atoms with Gasteiger partial charge in [0.05, 0.1) is 17.1 Å². The number of benzene rings is 2. The molecule has 5 rings (SSSR count). The summed E-state index contributed by atoms with van der Waals surface area (Å²) in [6, 6.07) is 19.4. The molecule has 0 atom stereocenters. The summed E-state index contributed by atoms with van der Waals surface area (Å²) in [6.45, 7) is 0. The third kappa shape index (κ3) is 4.38. The van der Waals surface area contributed by atoms with Crippen molar-refractivity contribution in [3.8, 4) is 33.9 Å². The Balaban J connectivity index is 1.64. The highest BCUT2D eigenvalue weighted by molar-refractivity contribution is 7.89. The number of sulfonamides is 1. The summed E-state index contributed by atoms with van der Waals surface area (Å²) in [7, 11) is -3.65. The van der Waals surface area contributed by atoms with E-state index in [4.69, 9.17) is 5.14 Å². The van der Waals surface area contributed by atoms with Crippen LogP contribution in [0.15, 0.2) is 72.9 Å². The lowest BCUT2D eigenvalue weighted by Gasteiger charge is -2.06. The van der Waals surface area contributed by atoms with Crippen LogP contribution in [0.4, 0.5) is 4.39 Å². The first kappa shape index (κ1) is 21.0. The van der Waals surface area contributed by atoms with Crippen LogP contribution in [0, 0.1) is 5.82 Å². The van der Waals surface area contributed by atoms with Gasteiger partial charge in [0.15, 0.2) is 11.5 Å². The van der Waals surface area contributed by atoms with Crippen LogP contribution in [0.25, 0.3) is 39.5 Å². The second-order valence-corrected chi connectivity index (χ2v) is 9.30. The molecule has 0 aliphatic carbocycles. The van der Waals surface area contributed by atoms with Crippen molar-refractivity contribution in [2.45, 2.75) is 6.42 Å². The lowest BCUT2D eigenvalue weighted by Crippen LogP contribution is -2.18. The Hall–Kier alpha value is -3.89. The maximum Gasteiger partial charge on any atom is 0.209 e. The van der Waals surface area contributed by atoms with Crippen LogP contribution < -0.4 is 5.14 Å². The van der Waals surface area contributed by atoms with E-state index in [2.05, 4.69) is 20.2 Å². The van der Waals surface area contributed by atoms with Crippen LogP contribution >= 0.6 is 0 Å². The molecule has 3 N–H and O–H groups in total. The number of H-pyrrole nitrogens is 1. The number of imidazole rings is 1. The van der Waals surface area contributed by atoms with Gasteiger partial charge in [-0.05, 0) is 36.4 Å². The molecular formula is C23H19FN6O2S. The van der Waals surface area contributed by atoms with Crippen LogP contribution in [0.3, 0.4) is 0 Å². The van der Waals surface area contributed by atoms with E-state index in [1.54, 1.807) is 12.1 Å². The second-order valence-electron chi connectivity index (χ2n) is 7.57. The molecule has 10 heteroatoms. The Morgan fingerprint density at radius 1 is 0.909 bits per heavy atom. The molecule has 166 valence electrons. The van der Waals surface area contributed by atoms with Gasteiger partial charge in [-0.25, -0.2) is 22.9 Å². The minimum atomic E-state index is -3.65. The molecule has 33 heavy (non-hydrogen) atoms. The second kappa shape index (κ2) is 8.23. The molecule has 0 unspecified atom stereocenters. The summed E-state index contributed by atoms with van der Waals surface area (Å²) >= 11 is 0. The number of hydrogen-bond donors (Lipinski definition) is 2. The number of primary sulfonamides is 1. The van der Waals surface area contributed by atoms with Crippen molar-refractivity contribution in [2.24, 2.45) is 5.14 Å². The maximum absolute atomic E-state index is 13.5. The lowest BCUT2D eigenvalue weighted by atomic mass is 10.1. The zero-order valence-electron chi connectivity index (χ0n) is 17.3. The number of pyridine rings is 1. The van der Waals surface area contributed by atoms with Crippen molar-refractivity contribution in [1.29, 1.82) is 0 Å². The van der Waals surface area contributed by atoms with E-state index in [9.17, 15) is 12.8 Å². The standard InChI is InChI=1S/C23H19FN6O2S/c24-18-9-6-15(7-10-18)21-22(27-19(26-21)12-13-33(25,31)32)17-8-11-20-28-29-23(30(20)14-17)16-4-2-1-3-5-16/h1-11,14H,12-13H2,(H,26,27)(H2,25,31,32). The van der Waals surface area contributed by atoms with Crippen LogP contribution in [0.5, 0.6) is 0 Å². The summed E-state index contributed by atoms with van der Waals surface area (Å²) < 4.78 is 38.3. The molecule has 8 nitrogen and oxygen atoms in total. The zero-order valence-corrected chi connectivity index (χ0v) is 18.1. The van der Waals surface area contributed by atoms with E-state index in [-0.39, 0.29) is 18.0 Å². The smallest absolute Gasteiger partial charge is 0.209 e. The molecule has 0 fully saturated rings. The number of rotatable bonds is 6. The van der Waals surface area contributed by atoms with E-state index in [1.807, 2.05) is 53.1 Å². The molecule has 0 amide bonds. The van der Waals surface area contributed by atoms with Crippen LogP contribution in [0.2, 0.25) is 0 Å². The van der Waals surface area contributed by atoms with Gasteiger partial charge < -0.3 is 4.98 Å². The molecule has 0 radical (unpaired) electrons. The van der Waals surface area contributed by atoms with Gasteiger partial charge in [-0.3, -0.25) is 4.40 Å². The fourth-order valence-electron chi connectivity index (χ4n) is 3.63. The third-order valence-electron chi connectivity index (χ3n) is 5.22. The van der Waals surface area contributed by atoms with Crippen molar-refractivity contribution in [3.63, 3.8) is 0 Å². The Morgan fingerprint density at radius 2 is 1.64 bits per heavy atom. The van der Waals surface area contributed by atoms with Gasteiger partial charge in [-0.15, -0.1) is 10.2 Å². The minimum Gasteiger partial charge on any atom is -0.341 e. The fraction of sp³-hybridized carbons (Fsp3) is 0.0870. The molecule has 3 aromatic heterocycles. The third-order valence-corrected chi connectivity index (χ3v) is 5.99. The number of nitrogens with one attached hydrogen (secondary N) is 1. The first-order valence-electron chi connectivity index (χ1n) is 10.1. The number of hydrogen-bond acceptors (Lipinski definition) is 5. The Kier molecular flexibility index (Phi) is 5.23. The number of fused-ring (bicyclic) bond motifs is 1. The lowest BCUT2D eigenvalue weighted by molar-refractivity contribution is 0.596. The van der Waals surface area contributed by atoms with Crippen molar-refractivity contribution in [3.05, 3.63) is 84.6 Å². The number of nitrogens with two attached hydrogens (primary N) is 1. The molecule has 0 aliphatic rings. The molecule has 0 aliphatic heterocycles. The largest absolute Gasteiger partial charge is 0.341 e. The highest BCUT2D eigenvalue weighted by atomic mass is 32.2. The van der Waals surface area contributed by atoms with Gasteiger partial charge in [0.25, 0.3) is 0 Å². The highest BCUT2D eigenvalue weighted by Crippen LogP contribution is 2.31. The fourth-order valence-corrected chi connectivity index (χ4v) is 4.11. The van der Waals surface area contributed by atoms with Crippen LogP contribution in [0.1, 0.15) is 5.82 Å². The predicted molar refractivity (Wildman–Crippen MR) is 123 cm³/mol. The van der Waals surface area contributed by atoms with Crippen LogP contribution in [-0.2, 0) is 16.4 Å². The average Bonchev–Trinajstić information content (AvgIpc) is 3.42. The molecule has 2 aromatic carbocycles. The number of aromatic amines is 1. The number of aromatic nitrogens is 5. The summed E-state index contributed by atoms with van der Waals surface area (Å²) in [5.74, 6) is 0.546. The predicted octanol–water partition coefficient (Wildman–Crippen LogP) is 3.42. The molecule has 0 spiro atoms. The maximum atomic E-state index is 13.5. The quantitative estimate of drug-likeness (QED) is 0.401. The monoisotopic (exact) mass is 462 g/mol. The van der Waals surface area contributed by atoms with Gasteiger partial charge in [-0.1, -0.05) is 30.3 Å². The van der Waals surface area contributed by atoms with Crippen molar-refractivity contribution >= 4 is 15.7 Å². The SMILES string of the molecule is NS(=O)(=O)CCc1nc(-c2ccc(F)cc2)c(-c2ccc3nnc(-c4ccccc4)n3c2)[nH]1. The Labute approximate surface area is 189 Å². The summed E-state index contributed by atoms with van der Waals surface area (Å²) in [5, 5.41) is 13.7. The first-order chi connectivity index (χ1) is 15.9. The molecule has 3 heterocycles. The number of aryl methyl sites for hydroxylation is 1. The summed E-state index contributed by atoms with van der Waals surface area (Å²) in [6.07, 6.45) is 2.01. The first-order valence-corrected chi connectivity index (χ1v) is 11.8. The van der Waals surface area contributed by atoms with Gasteiger partial charge in [0, 0.05) is 29.3 Å². The van der Waals surface area contributed by atoms with E-state index in [1.165, 1.54) is 12.1 Å². The van der Waals surface area contributed by atoms with Crippen molar-refractivity contribution < 1.29 is 12.8 Å². The van der Waals surface area contributed by atoms with Gasteiger partial charge in [-0.2, -0.15) is 0 Å². The van der Waals surface area contributed by atoms with Gasteiger partial charge >= 0.3 is 0 Å². The van der Waals surface area contributed by atoms with Crippen LogP contribution in [-0.4, -0.2) is 38.7 Å². The van der Waals surface area contributed by atoms with E-state index in [0.29, 0.717) is 34.2 Å². The van der Waals surface area contributed by atoms with E-state index < -0.39 is 10.0 Å². The average molecular weight is 463 g/mol. The molecule has 5 aromatic rings. The number of halogens is 1. The summed E-state index contributed by atoms with van der Waals surface area (Å²) in [5.41, 5.74) is 4.31. The minimum absolute atomic E-state index is 0.122. The Morgan fingerprint density at radius 3 is 2.36 bits per heavy atom. The summed E-state index contributed by atoms with van der Waals surface area (Å²) in [4.78, 5) is 7.82. The number of nitrogens with zero attached hydrogens (tertiary/aromatic N) is 4. The van der Waals surface area contributed by atoms with Crippen molar-refractivity contribution in [1.82, 2.24) is 24.6 Å². The Bertz CT molecular complexity index is 1540. The van der Waals surface area contributed by atoms with E-state index >= 15 is 0 Å². The normalized spacial score (nSPS) is 11.8. The molecule has 0 bridgehead atoms. The molecular weight excluding hydrogens is 443 g/mol. The molecule has 0 saturated heterocycles. The highest BCUT2D eigenvalue weighted by Gasteiger charge is 2.17. The topological polar surface area (TPSA) is 119 Å². The zero-order chi connectivity index (χ0) is 23.0. The van der Waals surface area contributed by atoms with Gasteiger partial charge in [0.2, 0.25) is 10.0 Å². The van der Waals surface area contributed by atoms with E-state index in [0.717, 1.165) is 11.1 Å². The van der Waals surface area contributed by atoms with Crippen molar-refractivity contribution in [2.75, 3.05) is 5.75 Å². The molecule has 0 saturated carbocycles. The van der Waals surface area contributed by atoms with Gasteiger partial charge in [0.1, 0.15) is 11.6 Å².